The van der Waals surface area contributed by atoms with Crippen LogP contribution in [0.15, 0.2) is 40.9 Å². The van der Waals surface area contributed by atoms with E-state index >= 15 is 0 Å². The van der Waals surface area contributed by atoms with Gasteiger partial charge in [-0.25, -0.2) is 4.39 Å². The molecular formula is C12H7BrClFN2O2. The Labute approximate surface area is 121 Å². The Bertz CT molecular complexity index is 652. The van der Waals surface area contributed by atoms with Gasteiger partial charge in [0.1, 0.15) is 11.5 Å². The summed E-state index contributed by atoms with van der Waals surface area (Å²) >= 11 is 8.89. The average Bonchev–Trinajstić information content (AvgIpc) is 2.33. The van der Waals surface area contributed by atoms with Crippen molar-refractivity contribution in [2.75, 3.05) is 5.32 Å². The van der Waals surface area contributed by atoms with E-state index in [1.807, 2.05) is 0 Å². The zero-order valence-corrected chi connectivity index (χ0v) is 11.7. The summed E-state index contributed by atoms with van der Waals surface area (Å²) in [5.74, 6) is -0.545. The van der Waals surface area contributed by atoms with E-state index in [0.29, 0.717) is 15.8 Å². The quantitative estimate of drug-likeness (QED) is 0.636. The highest BCUT2D eigenvalue weighted by atomic mass is 79.9. The first-order valence-electron chi connectivity index (χ1n) is 5.13. The number of hydrogen-bond acceptors (Lipinski definition) is 3. The molecule has 0 radical (unpaired) electrons. The molecule has 2 rings (SSSR count). The maximum absolute atomic E-state index is 13.0. The van der Waals surface area contributed by atoms with Crippen LogP contribution in [0.3, 0.4) is 0 Å². The molecule has 0 atom stereocenters. The van der Waals surface area contributed by atoms with Crippen molar-refractivity contribution < 1.29 is 9.31 Å². The molecule has 0 spiro atoms. The number of nitrogens with zero attached hydrogens (tertiary/aromatic N) is 1. The van der Waals surface area contributed by atoms with Crippen molar-refractivity contribution in [1.29, 1.82) is 0 Å². The minimum Gasteiger partial charge on any atom is -0.350 e. The summed E-state index contributed by atoms with van der Waals surface area (Å²) in [6.07, 6.45) is 0. The summed E-state index contributed by atoms with van der Waals surface area (Å²) in [7, 11) is 0. The van der Waals surface area contributed by atoms with E-state index in [0.717, 1.165) is 0 Å². The Morgan fingerprint density at radius 1 is 1.26 bits per heavy atom. The lowest BCUT2D eigenvalue weighted by molar-refractivity contribution is -0.383. The van der Waals surface area contributed by atoms with E-state index in [1.54, 1.807) is 12.1 Å². The van der Waals surface area contributed by atoms with Crippen molar-refractivity contribution in [1.82, 2.24) is 0 Å². The number of anilines is 2. The molecule has 0 aliphatic rings. The van der Waals surface area contributed by atoms with Crippen LogP contribution in [0.1, 0.15) is 0 Å². The lowest BCUT2D eigenvalue weighted by Crippen LogP contribution is -1.97. The van der Waals surface area contributed by atoms with E-state index < -0.39 is 10.7 Å². The first-order chi connectivity index (χ1) is 8.97. The van der Waals surface area contributed by atoms with Crippen LogP contribution in [0.5, 0.6) is 0 Å². The monoisotopic (exact) mass is 344 g/mol. The van der Waals surface area contributed by atoms with Gasteiger partial charge in [0, 0.05) is 16.2 Å². The van der Waals surface area contributed by atoms with Gasteiger partial charge in [-0.1, -0.05) is 27.5 Å². The molecule has 0 heterocycles. The fourth-order valence-corrected chi connectivity index (χ4v) is 2.04. The van der Waals surface area contributed by atoms with Gasteiger partial charge in [-0.15, -0.1) is 0 Å². The van der Waals surface area contributed by atoms with Crippen molar-refractivity contribution in [3.8, 4) is 0 Å². The fraction of sp³-hybridized carbons (Fsp3) is 0. The summed E-state index contributed by atoms with van der Waals surface area (Å²) in [4.78, 5) is 10.4. The maximum atomic E-state index is 13.0. The third-order valence-corrected chi connectivity index (χ3v) is 3.14. The van der Waals surface area contributed by atoms with Crippen molar-refractivity contribution in [3.05, 3.63) is 61.8 Å². The predicted octanol–water partition coefficient (Wildman–Crippen LogP) is 4.89. The van der Waals surface area contributed by atoms with Crippen LogP contribution in [0.25, 0.3) is 0 Å². The van der Waals surface area contributed by atoms with Crippen LogP contribution in [0.4, 0.5) is 21.5 Å². The smallest absolute Gasteiger partial charge is 0.292 e. The molecule has 0 bridgehead atoms. The predicted molar refractivity (Wildman–Crippen MR) is 75.5 cm³/mol. The molecule has 0 amide bonds. The van der Waals surface area contributed by atoms with Gasteiger partial charge in [0.15, 0.2) is 0 Å². The lowest BCUT2D eigenvalue weighted by Gasteiger charge is -2.08. The molecule has 7 heteroatoms. The molecule has 0 aliphatic carbocycles. The van der Waals surface area contributed by atoms with Gasteiger partial charge >= 0.3 is 0 Å². The summed E-state index contributed by atoms with van der Waals surface area (Å²) < 4.78 is 13.7. The van der Waals surface area contributed by atoms with Crippen LogP contribution < -0.4 is 5.32 Å². The molecule has 2 aromatic rings. The molecule has 0 saturated carbocycles. The minimum absolute atomic E-state index is 0.0531. The summed E-state index contributed by atoms with van der Waals surface area (Å²) in [5, 5.41) is 13.7. The molecule has 0 unspecified atom stereocenters. The van der Waals surface area contributed by atoms with Crippen LogP contribution in [0, 0.1) is 15.9 Å². The van der Waals surface area contributed by atoms with Gasteiger partial charge in [0.05, 0.1) is 9.95 Å². The largest absolute Gasteiger partial charge is 0.350 e. The van der Waals surface area contributed by atoms with Gasteiger partial charge in [-0.3, -0.25) is 10.1 Å². The highest BCUT2D eigenvalue weighted by Gasteiger charge is 2.14. The van der Waals surface area contributed by atoms with E-state index in [-0.39, 0.29) is 10.7 Å². The highest BCUT2D eigenvalue weighted by molar-refractivity contribution is 9.10. The van der Waals surface area contributed by atoms with Crippen LogP contribution >= 0.6 is 27.5 Å². The second-order valence-corrected chi connectivity index (χ2v) is 5.00. The van der Waals surface area contributed by atoms with Gasteiger partial charge < -0.3 is 5.32 Å². The number of nitro benzene ring substituents is 1. The van der Waals surface area contributed by atoms with Gasteiger partial charge in [0.2, 0.25) is 0 Å². The second-order valence-electron chi connectivity index (χ2n) is 3.67. The number of halogens is 3. The molecule has 0 aliphatic heterocycles. The van der Waals surface area contributed by atoms with E-state index in [2.05, 4.69) is 21.2 Å². The molecule has 2 aromatic carbocycles. The first kappa shape index (κ1) is 13.8. The molecular weight excluding hydrogens is 338 g/mol. The molecule has 1 N–H and O–H groups in total. The highest BCUT2D eigenvalue weighted by Crippen LogP contribution is 2.31. The molecule has 0 aromatic heterocycles. The summed E-state index contributed by atoms with van der Waals surface area (Å²) in [6.45, 7) is 0. The Morgan fingerprint density at radius 2 is 2.00 bits per heavy atom. The number of hydrogen-bond donors (Lipinski definition) is 1. The topological polar surface area (TPSA) is 55.2 Å². The minimum atomic E-state index is -0.545. The SMILES string of the molecule is O=[N+]([O-])c1ccc(Br)cc1Nc1ccc(F)c(Cl)c1. The Hall–Kier alpha value is -1.66. The normalized spacial score (nSPS) is 10.3. The zero-order chi connectivity index (χ0) is 14.0. The zero-order valence-electron chi connectivity index (χ0n) is 9.36. The summed E-state index contributed by atoms with van der Waals surface area (Å²) in [5.41, 5.74) is 0.679. The molecule has 0 saturated heterocycles. The standard InChI is InChI=1S/C12H7BrClFN2O2/c13-7-1-4-12(17(18)19)11(5-7)16-8-2-3-10(15)9(14)6-8/h1-6,16H. The van der Waals surface area contributed by atoms with Gasteiger partial charge in [-0.2, -0.15) is 0 Å². The first-order valence-corrected chi connectivity index (χ1v) is 6.30. The van der Waals surface area contributed by atoms with Gasteiger partial charge in [0.25, 0.3) is 5.69 Å². The van der Waals surface area contributed by atoms with Crippen molar-refractivity contribution in [2.45, 2.75) is 0 Å². The molecule has 98 valence electrons. The van der Waals surface area contributed by atoms with E-state index in [9.17, 15) is 14.5 Å². The number of nitrogens with one attached hydrogen (secondary N) is 1. The fourth-order valence-electron chi connectivity index (χ4n) is 1.50. The van der Waals surface area contributed by atoms with E-state index in [4.69, 9.17) is 11.6 Å². The number of rotatable bonds is 3. The maximum Gasteiger partial charge on any atom is 0.292 e. The summed E-state index contributed by atoms with van der Waals surface area (Å²) in [6, 6.07) is 8.51. The second kappa shape index (κ2) is 5.54. The van der Waals surface area contributed by atoms with Crippen LogP contribution in [-0.2, 0) is 0 Å². The molecule has 19 heavy (non-hydrogen) atoms. The molecule has 4 nitrogen and oxygen atoms in total. The third kappa shape index (κ3) is 3.21. The number of nitro groups is 1. The Morgan fingerprint density at radius 3 is 2.63 bits per heavy atom. The van der Waals surface area contributed by atoms with Gasteiger partial charge in [-0.05, 0) is 30.3 Å². The number of benzene rings is 2. The van der Waals surface area contributed by atoms with Crippen molar-refractivity contribution in [2.24, 2.45) is 0 Å². The average molecular weight is 346 g/mol. The molecule has 0 fully saturated rings. The third-order valence-electron chi connectivity index (χ3n) is 2.35. The van der Waals surface area contributed by atoms with E-state index in [1.165, 1.54) is 24.3 Å². The lowest BCUT2D eigenvalue weighted by atomic mass is 10.2. The Kier molecular flexibility index (Phi) is 4.01. The Balaban J connectivity index is 2.39. The van der Waals surface area contributed by atoms with Crippen LogP contribution in [0.2, 0.25) is 5.02 Å². The van der Waals surface area contributed by atoms with Crippen LogP contribution in [-0.4, -0.2) is 4.92 Å². The van der Waals surface area contributed by atoms with Crippen molar-refractivity contribution >= 4 is 44.6 Å². The van der Waals surface area contributed by atoms with Crippen molar-refractivity contribution in [3.63, 3.8) is 0 Å².